The highest BCUT2D eigenvalue weighted by atomic mass is 32.2. The summed E-state index contributed by atoms with van der Waals surface area (Å²) >= 11 is 1.47. The molecule has 7 nitrogen and oxygen atoms in total. The van der Waals surface area contributed by atoms with Gasteiger partial charge in [0, 0.05) is 11.9 Å². The minimum absolute atomic E-state index is 0.0207. The van der Waals surface area contributed by atoms with Gasteiger partial charge in [0.25, 0.3) is 5.91 Å². The van der Waals surface area contributed by atoms with Gasteiger partial charge >= 0.3 is 0 Å². The third kappa shape index (κ3) is 4.88. The first kappa shape index (κ1) is 19.1. The van der Waals surface area contributed by atoms with Crippen LogP contribution in [-0.2, 0) is 14.8 Å². The molecule has 9 heteroatoms. The second kappa shape index (κ2) is 8.24. The van der Waals surface area contributed by atoms with E-state index in [0.29, 0.717) is 0 Å². The Morgan fingerprint density at radius 3 is 2.80 bits per heavy atom. The van der Waals surface area contributed by atoms with Gasteiger partial charge in [0.1, 0.15) is 10.6 Å². The van der Waals surface area contributed by atoms with Crippen LogP contribution in [-0.4, -0.2) is 45.5 Å². The summed E-state index contributed by atoms with van der Waals surface area (Å²) < 4.78 is 31.5. The average molecular weight is 381 g/mol. The number of carbonyl (C=O) groups excluding carboxylic acids is 1. The third-order valence-corrected chi connectivity index (χ3v) is 5.93. The van der Waals surface area contributed by atoms with Crippen molar-refractivity contribution in [2.75, 3.05) is 20.7 Å². The van der Waals surface area contributed by atoms with Gasteiger partial charge in [0.2, 0.25) is 10.0 Å². The first-order valence-corrected chi connectivity index (χ1v) is 9.63. The van der Waals surface area contributed by atoms with Crippen molar-refractivity contribution in [1.82, 2.24) is 9.73 Å². The van der Waals surface area contributed by atoms with E-state index in [0.717, 1.165) is 14.7 Å². The number of nitrogens with one attached hydrogen (secondary N) is 1. The number of methoxy groups -OCH3 is 1. The summed E-state index contributed by atoms with van der Waals surface area (Å²) in [7, 11) is -1.14. The number of carbonyl (C=O) groups is 1. The summed E-state index contributed by atoms with van der Waals surface area (Å²) in [4.78, 5) is 12.8. The van der Waals surface area contributed by atoms with E-state index in [2.05, 4.69) is 10.5 Å². The van der Waals surface area contributed by atoms with Crippen LogP contribution in [0.3, 0.4) is 0 Å². The molecule has 0 radical (unpaired) electrons. The molecule has 1 N–H and O–H groups in total. The lowest BCUT2D eigenvalue weighted by Crippen LogP contribution is -2.36. The van der Waals surface area contributed by atoms with Crippen LogP contribution in [0.2, 0.25) is 0 Å². The fraction of sp³-hybridized carbons (Fsp3) is 0.250. The molecule has 1 heterocycles. The van der Waals surface area contributed by atoms with Gasteiger partial charge in [-0.3, -0.25) is 4.79 Å². The summed E-state index contributed by atoms with van der Waals surface area (Å²) in [6.45, 7) is 1.42. The Hall–Kier alpha value is -2.23. The smallest absolute Gasteiger partial charge is 0.255 e. The van der Waals surface area contributed by atoms with Crippen molar-refractivity contribution >= 4 is 33.5 Å². The molecule has 0 saturated heterocycles. The molecule has 0 aliphatic carbocycles. The maximum absolute atomic E-state index is 12.7. The van der Waals surface area contributed by atoms with E-state index in [1.54, 1.807) is 19.1 Å². The Kier molecular flexibility index (Phi) is 6.29. The largest absolute Gasteiger partial charge is 0.495 e. The number of rotatable bonds is 7. The van der Waals surface area contributed by atoms with Gasteiger partial charge in [-0.15, -0.1) is 11.3 Å². The van der Waals surface area contributed by atoms with Crippen molar-refractivity contribution in [1.29, 1.82) is 0 Å². The van der Waals surface area contributed by atoms with E-state index >= 15 is 0 Å². The van der Waals surface area contributed by atoms with Crippen LogP contribution >= 0.6 is 11.3 Å². The molecular formula is C16H19N3O4S2. The van der Waals surface area contributed by atoms with Gasteiger partial charge in [-0.1, -0.05) is 12.1 Å². The summed E-state index contributed by atoms with van der Waals surface area (Å²) in [6, 6.07) is 8.56. The molecule has 134 valence electrons. The molecule has 0 aliphatic heterocycles. The van der Waals surface area contributed by atoms with Gasteiger partial charge in [-0.05, 0) is 36.1 Å². The Balaban J connectivity index is 2.07. The van der Waals surface area contributed by atoms with Crippen LogP contribution in [0.5, 0.6) is 5.75 Å². The summed E-state index contributed by atoms with van der Waals surface area (Å²) in [5.74, 6) is -0.306. The van der Waals surface area contributed by atoms with Crippen molar-refractivity contribution in [3.63, 3.8) is 0 Å². The van der Waals surface area contributed by atoms with Crippen LogP contribution in [0.15, 0.2) is 45.7 Å². The van der Waals surface area contributed by atoms with E-state index in [9.17, 15) is 13.2 Å². The Labute approximate surface area is 151 Å². The highest BCUT2D eigenvalue weighted by molar-refractivity contribution is 7.89. The van der Waals surface area contributed by atoms with Crippen molar-refractivity contribution in [3.05, 3.63) is 46.2 Å². The quantitative estimate of drug-likeness (QED) is 0.585. The number of nitrogens with zero attached hydrogens (tertiary/aromatic N) is 2. The van der Waals surface area contributed by atoms with Crippen LogP contribution in [0.1, 0.15) is 10.4 Å². The summed E-state index contributed by atoms with van der Waals surface area (Å²) in [6.07, 6.45) is 1.50. The number of sulfonamides is 1. The molecule has 1 aromatic carbocycles. The molecule has 0 unspecified atom stereocenters. The van der Waals surface area contributed by atoms with Crippen LogP contribution in [0.25, 0.3) is 0 Å². The van der Waals surface area contributed by atoms with Crippen LogP contribution in [0.4, 0.5) is 0 Å². The topological polar surface area (TPSA) is 88.1 Å². The first-order valence-electron chi connectivity index (χ1n) is 7.31. The Bertz CT molecular complexity index is 862. The molecular weight excluding hydrogens is 362 g/mol. The molecule has 0 aliphatic rings. The van der Waals surface area contributed by atoms with Crippen molar-refractivity contribution < 1.29 is 17.9 Å². The second-order valence-corrected chi connectivity index (χ2v) is 8.22. The average Bonchev–Trinajstić information content (AvgIpc) is 3.08. The Morgan fingerprint density at radius 1 is 1.40 bits per heavy atom. The van der Waals surface area contributed by atoms with E-state index in [-0.39, 0.29) is 17.2 Å². The number of hydrogen-bond acceptors (Lipinski definition) is 6. The highest BCUT2D eigenvalue weighted by Gasteiger charge is 2.26. The number of hydrazone groups is 1. The van der Waals surface area contributed by atoms with E-state index < -0.39 is 15.9 Å². The zero-order chi connectivity index (χ0) is 18.4. The second-order valence-electron chi connectivity index (χ2n) is 5.22. The lowest BCUT2D eigenvalue weighted by molar-refractivity contribution is -0.121. The fourth-order valence-electron chi connectivity index (χ4n) is 2.01. The summed E-state index contributed by atoms with van der Waals surface area (Å²) in [5, 5.41) is 5.70. The van der Waals surface area contributed by atoms with E-state index in [1.165, 1.54) is 37.8 Å². The molecule has 0 spiro atoms. The van der Waals surface area contributed by atoms with Crippen molar-refractivity contribution in [3.8, 4) is 5.75 Å². The zero-order valence-electron chi connectivity index (χ0n) is 14.1. The minimum atomic E-state index is -3.87. The SMILES string of the molecule is COc1ccc(C)cc1S(=O)(=O)N(C)CC(=O)N/N=C/c1cccs1. The van der Waals surface area contributed by atoms with Crippen molar-refractivity contribution in [2.24, 2.45) is 5.10 Å². The van der Waals surface area contributed by atoms with Gasteiger partial charge in [0.05, 0.1) is 19.9 Å². The normalized spacial score (nSPS) is 11.8. The molecule has 25 heavy (non-hydrogen) atoms. The number of hydrogen-bond donors (Lipinski definition) is 1. The number of thiophene rings is 1. The molecule has 0 fully saturated rings. The monoisotopic (exact) mass is 381 g/mol. The zero-order valence-corrected chi connectivity index (χ0v) is 15.7. The standard InChI is InChI=1S/C16H19N3O4S2/c1-12-6-7-14(23-3)15(9-12)25(21,22)19(2)11-16(20)18-17-10-13-5-4-8-24-13/h4-10H,11H2,1-3H3,(H,18,20)/b17-10+. The van der Waals surface area contributed by atoms with Crippen LogP contribution in [0, 0.1) is 6.92 Å². The predicted octanol–water partition coefficient (Wildman–Crippen LogP) is 1.84. The van der Waals surface area contributed by atoms with Gasteiger partial charge in [-0.2, -0.15) is 9.41 Å². The number of likely N-dealkylation sites (N-methyl/N-ethyl adjacent to an activating group) is 1. The third-order valence-electron chi connectivity index (χ3n) is 3.30. The Morgan fingerprint density at radius 2 is 2.16 bits per heavy atom. The lowest BCUT2D eigenvalue weighted by Gasteiger charge is -2.18. The molecule has 1 amide bonds. The molecule has 1 aromatic heterocycles. The lowest BCUT2D eigenvalue weighted by atomic mass is 10.2. The predicted molar refractivity (Wildman–Crippen MR) is 97.6 cm³/mol. The maximum Gasteiger partial charge on any atom is 0.255 e. The van der Waals surface area contributed by atoms with E-state index in [1.807, 2.05) is 17.5 Å². The van der Waals surface area contributed by atoms with Gasteiger partial charge < -0.3 is 4.74 Å². The van der Waals surface area contributed by atoms with Crippen LogP contribution < -0.4 is 10.2 Å². The van der Waals surface area contributed by atoms with E-state index in [4.69, 9.17) is 4.74 Å². The molecule has 0 atom stereocenters. The summed E-state index contributed by atoms with van der Waals surface area (Å²) in [5.41, 5.74) is 3.09. The van der Waals surface area contributed by atoms with Crippen molar-refractivity contribution in [2.45, 2.75) is 11.8 Å². The number of aryl methyl sites for hydroxylation is 1. The molecule has 2 rings (SSSR count). The fourth-order valence-corrected chi connectivity index (χ4v) is 3.96. The number of benzene rings is 1. The number of amides is 1. The maximum atomic E-state index is 12.7. The van der Waals surface area contributed by atoms with Gasteiger partial charge in [-0.25, -0.2) is 13.8 Å². The number of ether oxygens (including phenoxy) is 1. The molecule has 2 aromatic rings. The molecule has 0 saturated carbocycles. The first-order chi connectivity index (χ1) is 11.8. The molecule has 0 bridgehead atoms. The van der Waals surface area contributed by atoms with Gasteiger partial charge in [0.15, 0.2) is 0 Å². The minimum Gasteiger partial charge on any atom is -0.495 e. The highest BCUT2D eigenvalue weighted by Crippen LogP contribution is 2.26.